The Kier molecular flexibility index (Phi) is 7.31. The van der Waals surface area contributed by atoms with Gasteiger partial charge < -0.3 is 16.2 Å². The molecule has 0 bridgehead atoms. The van der Waals surface area contributed by atoms with Crippen molar-refractivity contribution in [3.63, 3.8) is 0 Å². The third kappa shape index (κ3) is 5.30. The van der Waals surface area contributed by atoms with E-state index < -0.39 is 18.0 Å². The number of benzene rings is 2. The molecule has 1 aliphatic heterocycles. The highest BCUT2D eigenvalue weighted by Gasteiger charge is 2.39. The highest BCUT2D eigenvalue weighted by atomic mass is 35.5. The van der Waals surface area contributed by atoms with E-state index in [4.69, 9.17) is 27.8 Å². The van der Waals surface area contributed by atoms with E-state index >= 15 is 0 Å². The summed E-state index contributed by atoms with van der Waals surface area (Å²) >= 11 is 6.30. The van der Waals surface area contributed by atoms with Gasteiger partial charge in [-0.15, -0.1) is 0 Å². The monoisotopic (exact) mass is 430 g/mol. The molecule has 1 aliphatic rings. The number of aryl methyl sites for hydroxylation is 1. The van der Waals surface area contributed by atoms with Gasteiger partial charge in [0.2, 0.25) is 5.91 Å². The zero-order valence-electron chi connectivity index (χ0n) is 16.9. The van der Waals surface area contributed by atoms with Crippen molar-refractivity contribution in [3.8, 4) is 0 Å². The summed E-state index contributed by atoms with van der Waals surface area (Å²) in [6.45, 7) is 2.60. The lowest BCUT2D eigenvalue weighted by molar-refractivity contribution is -0.124. The molecule has 2 aromatic rings. The van der Waals surface area contributed by atoms with Crippen LogP contribution in [0.2, 0.25) is 5.02 Å². The van der Waals surface area contributed by atoms with Crippen molar-refractivity contribution in [1.82, 2.24) is 4.90 Å². The van der Waals surface area contributed by atoms with Crippen LogP contribution in [0.4, 0.5) is 10.5 Å². The van der Waals surface area contributed by atoms with E-state index in [9.17, 15) is 9.59 Å². The van der Waals surface area contributed by atoms with Gasteiger partial charge in [-0.05, 0) is 42.2 Å². The lowest BCUT2D eigenvalue weighted by Gasteiger charge is -2.31. The maximum absolute atomic E-state index is 12.3. The van der Waals surface area contributed by atoms with Crippen molar-refractivity contribution in [3.05, 3.63) is 64.7 Å². The molecule has 1 unspecified atom stereocenters. The number of nitrogens with two attached hydrogens (primary N) is 2. The fourth-order valence-electron chi connectivity index (χ4n) is 3.80. The second-order valence-corrected chi connectivity index (χ2v) is 7.85. The van der Waals surface area contributed by atoms with Gasteiger partial charge in [-0.2, -0.15) is 0 Å². The Hall–Kier alpha value is -2.61. The minimum absolute atomic E-state index is 0.0841. The molecule has 2 amide bonds. The highest BCUT2D eigenvalue weighted by molar-refractivity contribution is 6.31. The molecule has 3 rings (SSSR count). The first kappa shape index (κ1) is 22.1. The Bertz CT molecular complexity index is 890. The summed E-state index contributed by atoms with van der Waals surface area (Å²) in [5.74, 6) is -0.525. The third-order valence-corrected chi connectivity index (χ3v) is 5.65. The second-order valence-electron chi connectivity index (χ2n) is 7.45. The van der Waals surface area contributed by atoms with E-state index in [2.05, 4.69) is 12.2 Å². The van der Waals surface area contributed by atoms with Crippen molar-refractivity contribution in [2.45, 2.75) is 37.9 Å². The SMILES string of the molecule is CCc1ccc(NC(=O)OC[C@@H]2C[C@@H](N)CN2C(C(N)=O)c2ccccc2Cl)cc1. The third-order valence-electron chi connectivity index (χ3n) is 5.31. The molecule has 0 spiro atoms. The number of carbonyl (C=O) groups excluding carboxylic acids is 2. The first-order valence-electron chi connectivity index (χ1n) is 9.96. The molecule has 1 heterocycles. The number of halogens is 1. The van der Waals surface area contributed by atoms with Crippen LogP contribution in [0, 0.1) is 0 Å². The van der Waals surface area contributed by atoms with Gasteiger partial charge in [-0.3, -0.25) is 15.0 Å². The zero-order valence-corrected chi connectivity index (χ0v) is 17.6. The maximum Gasteiger partial charge on any atom is 0.411 e. The van der Waals surface area contributed by atoms with Crippen LogP contribution < -0.4 is 16.8 Å². The van der Waals surface area contributed by atoms with E-state index in [0.29, 0.717) is 29.2 Å². The summed E-state index contributed by atoms with van der Waals surface area (Å²) < 4.78 is 5.43. The van der Waals surface area contributed by atoms with Gasteiger partial charge in [0.1, 0.15) is 12.6 Å². The van der Waals surface area contributed by atoms with Crippen LogP contribution in [0.3, 0.4) is 0 Å². The molecule has 1 fully saturated rings. The van der Waals surface area contributed by atoms with Crippen LogP contribution in [0.25, 0.3) is 0 Å². The van der Waals surface area contributed by atoms with Crippen LogP contribution in [0.1, 0.15) is 30.5 Å². The Morgan fingerprint density at radius 3 is 2.57 bits per heavy atom. The minimum atomic E-state index is -0.745. The van der Waals surface area contributed by atoms with Crippen LogP contribution in [-0.4, -0.2) is 42.1 Å². The van der Waals surface area contributed by atoms with E-state index in [1.165, 1.54) is 5.56 Å². The predicted octanol–water partition coefficient (Wildman–Crippen LogP) is 3.08. The first-order valence-corrected chi connectivity index (χ1v) is 10.3. The highest BCUT2D eigenvalue weighted by Crippen LogP contribution is 2.33. The Morgan fingerprint density at radius 1 is 1.23 bits per heavy atom. The number of primary amides is 1. The molecule has 8 heteroatoms. The van der Waals surface area contributed by atoms with Gasteiger partial charge in [0, 0.05) is 29.3 Å². The number of rotatable bonds is 7. The smallest absolute Gasteiger partial charge is 0.411 e. The molecule has 0 saturated carbocycles. The van der Waals surface area contributed by atoms with E-state index in [1.54, 1.807) is 24.3 Å². The van der Waals surface area contributed by atoms with Crippen LogP contribution >= 0.6 is 11.6 Å². The maximum atomic E-state index is 12.3. The molecule has 1 saturated heterocycles. The first-order chi connectivity index (χ1) is 14.4. The van der Waals surface area contributed by atoms with Crippen molar-refractivity contribution >= 4 is 29.3 Å². The molecule has 7 nitrogen and oxygen atoms in total. The molecule has 0 aliphatic carbocycles. The van der Waals surface area contributed by atoms with Crippen LogP contribution in [-0.2, 0) is 16.0 Å². The van der Waals surface area contributed by atoms with Gasteiger partial charge in [0.05, 0.1) is 0 Å². The Balaban J connectivity index is 1.67. The molecule has 5 N–H and O–H groups in total. The Morgan fingerprint density at radius 2 is 1.93 bits per heavy atom. The number of nitrogens with zero attached hydrogens (tertiary/aromatic N) is 1. The van der Waals surface area contributed by atoms with E-state index in [1.807, 2.05) is 29.2 Å². The molecule has 160 valence electrons. The normalized spacial score (nSPS) is 20.0. The molecule has 2 aromatic carbocycles. The molecule has 0 radical (unpaired) electrons. The van der Waals surface area contributed by atoms with Crippen molar-refractivity contribution < 1.29 is 14.3 Å². The number of carbonyl (C=O) groups is 2. The van der Waals surface area contributed by atoms with Crippen molar-refractivity contribution in [1.29, 1.82) is 0 Å². The molecular formula is C22H27ClN4O3. The Labute approximate surface area is 181 Å². The van der Waals surface area contributed by atoms with Crippen LogP contribution in [0.15, 0.2) is 48.5 Å². The largest absolute Gasteiger partial charge is 0.448 e. The number of nitrogens with one attached hydrogen (secondary N) is 1. The van der Waals surface area contributed by atoms with Gasteiger partial charge in [-0.1, -0.05) is 48.9 Å². The summed E-state index contributed by atoms with van der Waals surface area (Å²) in [6, 6.07) is 13.5. The predicted molar refractivity (Wildman–Crippen MR) is 117 cm³/mol. The summed E-state index contributed by atoms with van der Waals surface area (Å²) in [7, 11) is 0. The summed E-state index contributed by atoms with van der Waals surface area (Å²) in [6.07, 6.45) is 0.940. The van der Waals surface area contributed by atoms with Gasteiger partial charge in [0.25, 0.3) is 0 Å². The number of ether oxygens (including phenoxy) is 1. The summed E-state index contributed by atoms with van der Waals surface area (Å²) in [5, 5.41) is 3.17. The summed E-state index contributed by atoms with van der Waals surface area (Å²) in [4.78, 5) is 26.4. The van der Waals surface area contributed by atoms with Crippen LogP contribution in [0.5, 0.6) is 0 Å². The average Bonchev–Trinajstić information content (AvgIpc) is 3.08. The zero-order chi connectivity index (χ0) is 21.7. The van der Waals surface area contributed by atoms with Gasteiger partial charge in [-0.25, -0.2) is 4.79 Å². The van der Waals surface area contributed by atoms with Crippen molar-refractivity contribution in [2.24, 2.45) is 11.5 Å². The molecule has 0 aromatic heterocycles. The fourth-order valence-corrected chi connectivity index (χ4v) is 4.04. The fraction of sp³-hybridized carbons (Fsp3) is 0.364. The molecular weight excluding hydrogens is 404 g/mol. The number of hydrogen-bond acceptors (Lipinski definition) is 5. The lowest BCUT2D eigenvalue weighted by atomic mass is 10.0. The minimum Gasteiger partial charge on any atom is -0.448 e. The second kappa shape index (κ2) is 9.93. The number of hydrogen-bond donors (Lipinski definition) is 3. The standard InChI is InChI=1S/C22H27ClN4O3/c1-2-14-7-9-16(10-8-14)26-22(29)30-13-17-11-15(24)12-27(17)20(21(25)28)18-5-3-4-6-19(18)23/h3-10,15,17,20H,2,11-13,24H2,1H3,(H2,25,28)(H,26,29)/t15-,17+,20?/m1/s1. The van der Waals surface area contributed by atoms with Gasteiger partial charge >= 0.3 is 6.09 Å². The lowest BCUT2D eigenvalue weighted by Crippen LogP contribution is -2.43. The van der Waals surface area contributed by atoms with Crippen molar-refractivity contribution in [2.75, 3.05) is 18.5 Å². The molecule has 30 heavy (non-hydrogen) atoms. The number of likely N-dealkylation sites (tertiary alicyclic amines) is 1. The van der Waals surface area contributed by atoms with E-state index in [0.717, 1.165) is 6.42 Å². The quantitative estimate of drug-likeness (QED) is 0.625. The number of anilines is 1. The topological polar surface area (TPSA) is 111 Å². The average molecular weight is 431 g/mol. The summed E-state index contributed by atoms with van der Waals surface area (Å²) in [5.41, 5.74) is 14.3. The van der Waals surface area contributed by atoms with E-state index in [-0.39, 0.29) is 18.7 Å². The molecule has 3 atom stereocenters. The number of amides is 2. The van der Waals surface area contributed by atoms with Gasteiger partial charge in [0.15, 0.2) is 0 Å².